The minimum absolute atomic E-state index is 0.190. The molecule has 11 rings (SSSR count). The van der Waals surface area contributed by atoms with E-state index >= 15 is 0 Å². The number of para-hydroxylation sites is 3. The molecule has 0 bridgehead atoms. The molecule has 0 saturated heterocycles. The van der Waals surface area contributed by atoms with Gasteiger partial charge in [0.1, 0.15) is 11.2 Å². The second kappa shape index (κ2) is 11.3. The van der Waals surface area contributed by atoms with Crippen molar-refractivity contribution in [1.82, 2.24) is 9.13 Å². The molecule has 2 atom stereocenters. The lowest BCUT2D eigenvalue weighted by Crippen LogP contribution is -2.21. The zero-order chi connectivity index (χ0) is 35.3. The lowest BCUT2D eigenvalue weighted by Gasteiger charge is -2.30. The van der Waals surface area contributed by atoms with Gasteiger partial charge in [0.25, 0.3) is 0 Å². The molecule has 0 spiro atoms. The summed E-state index contributed by atoms with van der Waals surface area (Å²) >= 11 is 0. The molecule has 0 aliphatic heterocycles. The maximum atomic E-state index is 6.32. The van der Waals surface area contributed by atoms with Crippen molar-refractivity contribution >= 4 is 76.9 Å². The van der Waals surface area contributed by atoms with Crippen molar-refractivity contribution in [1.29, 1.82) is 0 Å². The summed E-state index contributed by atoms with van der Waals surface area (Å²) in [6, 6.07) is 46.7. The molecule has 0 fully saturated rings. The number of fused-ring (bicyclic) bond motifs is 9. The Labute approximate surface area is 308 Å². The van der Waals surface area contributed by atoms with Crippen molar-refractivity contribution in [2.45, 2.75) is 32.1 Å². The summed E-state index contributed by atoms with van der Waals surface area (Å²) in [7, 11) is 0. The van der Waals surface area contributed by atoms with E-state index in [9.17, 15) is 0 Å². The van der Waals surface area contributed by atoms with Crippen LogP contribution in [0, 0.1) is 5.92 Å². The first-order valence-corrected chi connectivity index (χ1v) is 18.8. The highest BCUT2D eigenvalue weighted by atomic mass is 16.3. The van der Waals surface area contributed by atoms with Crippen LogP contribution in [0.15, 0.2) is 168 Å². The summed E-state index contributed by atoms with van der Waals surface area (Å²) in [6.45, 7) is 4.65. The monoisotopic (exact) mass is 682 g/mol. The van der Waals surface area contributed by atoms with Crippen molar-refractivity contribution in [3.8, 4) is 11.1 Å². The van der Waals surface area contributed by atoms with Crippen LogP contribution in [-0.4, -0.2) is 9.13 Å². The molecule has 2 aliphatic rings. The third-order valence-corrected chi connectivity index (χ3v) is 11.8. The Bertz CT molecular complexity index is 3100. The maximum Gasteiger partial charge on any atom is 0.135 e. The van der Waals surface area contributed by atoms with Crippen molar-refractivity contribution in [3.05, 3.63) is 169 Å². The standard InChI is InChI=1S/C50H38N2O/c1-32-11-9-12-36(27-32)51-44-17-6-3-14-38(44)42-28-33(20-24-46(42)51)34-21-25-47-43(29-34)39-15-4-7-18-45(39)52(47)37-13-10-26-50(2,31-37)35-22-23-41-40-16-5-8-19-48(40)53-49(41)30-35/h3-10,12-25,27-32H,11,26H2,1-2H3. The minimum Gasteiger partial charge on any atom is -0.456 e. The van der Waals surface area contributed by atoms with Crippen LogP contribution >= 0.6 is 0 Å². The zero-order valence-electron chi connectivity index (χ0n) is 29.9. The Balaban J connectivity index is 1.04. The first kappa shape index (κ1) is 30.3. The molecule has 9 aromatic rings. The van der Waals surface area contributed by atoms with E-state index in [2.05, 4.69) is 181 Å². The third kappa shape index (κ3) is 4.60. The van der Waals surface area contributed by atoms with Crippen LogP contribution < -0.4 is 0 Å². The van der Waals surface area contributed by atoms with Gasteiger partial charge in [-0.05, 0) is 102 Å². The van der Waals surface area contributed by atoms with Crippen molar-refractivity contribution < 1.29 is 4.42 Å². The summed E-state index contributed by atoms with van der Waals surface area (Å²) < 4.78 is 11.2. The van der Waals surface area contributed by atoms with Crippen LogP contribution in [0.1, 0.15) is 32.3 Å². The van der Waals surface area contributed by atoms with Gasteiger partial charge >= 0.3 is 0 Å². The highest BCUT2D eigenvalue weighted by Gasteiger charge is 2.28. The largest absolute Gasteiger partial charge is 0.456 e. The molecule has 3 aromatic heterocycles. The highest BCUT2D eigenvalue weighted by Crippen LogP contribution is 2.42. The Morgan fingerprint density at radius 1 is 0.547 bits per heavy atom. The molecule has 0 radical (unpaired) electrons. The third-order valence-electron chi connectivity index (χ3n) is 11.8. The smallest absolute Gasteiger partial charge is 0.135 e. The van der Waals surface area contributed by atoms with E-state index < -0.39 is 0 Å². The molecule has 0 amide bonds. The number of furan rings is 1. The van der Waals surface area contributed by atoms with Crippen molar-refractivity contribution in [3.63, 3.8) is 0 Å². The molecular weight excluding hydrogens is 645 g/mol. The quantitative estimate of drug-likeness (QED) is 0.181. The number of allylic oxidation sites excluding steroid dienone is 8. The van der Waals surface area contributed by atoms with Crippen LogP contribution in [0.25, 0.3) is 88.1 Å². The fourth-order valence-corrected chi connectivity index (χ4v) is 9.11. The molecule has 2 aliphatic carbocycles. The van der Waals surface area contributed by atoms with Gasteiger partial charge in [-0.1, -0.05) is 111 Å². The van der Waals surface area contributed by atoms with Crippen molar-refractivity contribution in [2.75, 3.05) is 0 Å². The maximum absolute atomic E-state index is 6.32. The fraction of sp³-hybridized carbons (Fsp3) is 0.120. The molecule has 0 N–H and O–H groups in total. The van der Waals surface area contributed by atoms with E-state index in [0.717, 1.165) is 24.0 Å². The second-order valence-electron chi connectivity index (χ2n) is 15.3. The van der Waals surface area contributed by atoms with E-state index in [1.165, 1.54) is 82.5 Å². The summed E-state index contributed by atoms with van der Waals surface area (Å²) in [5.74, 6) is 0.528. The molecule has 3 nitrogen and oxygen atoms in total. The topological polar surface area (TPSA) is 23.0 Å². The molecule has 53 heavy (non-hydrogen) atoms. The summed E-state index contributed by atoms with van der Waals surface area (Å²) in [5, 5.41) is 7.42. The highest BCUT2D eigenvalue weighted by molar-refractivity contribution is 6.14. The molecular formula is C50H38N2O. The number of hydrogen-bond donors (Lipinski definition) is 0. The Kier molecular flexibility index (Phi) is 6.49. The first-order valence-electron chi connectivity index (χ1n) is 18.8. The van der Waals surface area contributed by atoms with Gasteiger partial charge in [-0.25, -0.2) is 0 Å². The van der Waals surface area contributed by atoms with Gasteiger partial charge in [0.15, 0.2) is 0 Å². The summed E-state index contributed by atoms with van der Waals surface area (Å²) in [6.07, 6.45) is 16.1. The van der Waals surface area contributed by atoms with Crippen LogP contribution in [0.4, 0.5) is 0 Å². The number of nitrogens with zero attached hydrogens (tertiary/aromatic N) is 2. The lowest BCUT2D eigenvalue weighted by molar-refractivity contribution is 0.596. The lowest BCUT2D eigenvalue weighted by atomic mass is 9.76. The summed E-state index contributed by atoms with van der Waals surface area (Å²) in [5.41, 5.74) is 12.8. The van der Waals surface area contributed by atoms with E-state index in [1.54, 1.807) is 0 Å². The fourth-order valence-electron chi connectivity index (χ4n) is 9.11. The molecule has 2 unspecified atom stereocenters. The van der Waals surface area contributed by atoms with Gasteiger partial charge in [-0.15, -0.1) is 0 Å². The first-order chi connectivity index (χ1) is 26.0. The van der Waals surface area contributed by atoms with Crippen LogP contribution in [0.2, 0.25) is 0 Å². The Morgan fingerprint density at radius 2 is 1.13 bits per heavy atom. The second-order valence-corrected chi connectivity index (χ2v) is 15.3. The normalized spacial score (nSPS) is 18.9. The van der Waals surface area contributed by atoms with Gasteiger partial charge in [0, 0.05) is 49.1 Å². The van der Waals surface area contributed by atoms with E-state index in [1.807, 2.05) is 6.07 Å². The van der Waals surface area contributed by atoms with Crippen LogP contribution in [0.5, 0.6) is 0 Å². The summed E-state index contributed by atoms with van der Waals surface area (Å²) in [4.78, 5) is 0. The van der Waals surface area contributed by atoms with Crippen LogP contribution in [0.3, 0.4) is 0 Å². The number of rotatable bonds is 4. The van der Waals surface area contributed by atoms with Gasteiger partial charge in [-0.2, -0.15) is 0 Å². The molecule has 3 heterocycles. The average molecular weight is 683 g/mol. The average Bonchev–Trinajstić information content (AvgIpc) is 3.85. The number of benzene rings is 6. The van der Waals surface area contributed by atoms with Crippen LogP contribution in [-0.2, 0) is 5.41 Å². The number of hydrogen-bond acceptors (Lipinski definition) is 1. The Morgan fingerprint density at radius 3 is 1.83 bits per heavy atom. The van der Waals surface area contributed by atoms with E-state index in [-0.39, 0.29) is 5.41 Å². The molecule has 6 aromatic carbocycles. The molecule has 254 valence electrons. The number of aromatic nitrogens is 2. The molecule has 0 saturated carbocycles. The Hall–Kier alpha value is -6.32. The van der Waals surface area contributed by atoms with Crippen molar-refractivity contribution in [2.24, 2.45) is 5.92 Å². The van der Waals surface area contributed by atoms with E-state index in [0.29, 0.717) is 5.92 Å². The predicted octanol–water partition coefficient (Wildman–Crippen LogP) is 13.7. The SMILES string of the molecule is CC1C=C(n2c3ccccc3c3cc(-c4ccc5c(c4)c4ccccc4n5C4=CC(C)(c5ccc6c(c5)oc5ccccc56)CC=C4)ccc32)C=CC1. The molecule has 3 heteroatoms. The van der Waals surface area contributed by atoms with E-state index in [4.69, 9.17) is 4.42 Å². The predicted molar refractivity (Wildman–Crippen MR) is 224 cm³/mol. The zero-order valence-corrected chi connectivity index (χ0v) is 29.9. The van der Waals surface area contributed by atoms with Gasteiger partial charge in [0.2, 0.25) is 0 Å². The van der Waals surface area contributed by atoms with Gasteiger partial charge in [0.05, 0.1) is 22.1 Å². The van der Waals surface area contributed by atoms with Gasteiger partial charge < -0.3 is 13.6 Å². The van der Waals surface area contributed by atoms with Gasteiger partial charge in [-0.3, -0.25) is 0 Å². The minimum atomic E-state index is -0.190.